The van der Waals surface area contributed by atoms with Crippen molar-refractivity contribution in [1.29, 1.82) is 0 Å². The van der Waals surface area contributed by atoms with E-state index in [-0.39, 0.29) is 5.82 Å². The molecule has 0 saturated carbocycles. The lowest BCUT2D eigenvalue weighted by Crippen LogP contribution is -2.27. The number of nitrogens with one attached hydrogen (secondary N) is 1. The van der Waals surface area contributed by atoms with E-state index in [1.54, 1.807) is 19.2 Å². The lowest BCUT2D eigenvalue weighted by Gasteiger charge is -2.23. The zero-order chi connectivity index (χ0) is 23.1. The molecule has 0 aliphatic carbocycles. The summed E-state index contributed by atoms with van der Waals surface area (Å²) < 4.78 is 57.9. The Morgan fingerprint density at radius 1 is 1.06 bits per heavy atom. The first-order chi connectivity index (χ1) is 15.3. The van der Waals surface area contributed by atoms with Crippen LogP contribution in [0.15, 0.2) is 48.7 Å². The fourth-order valence-corrected chi connectivity index (χ4v) is 3.70. The predicted octanol–water partition coefficient (Wildman–Crippen LogP) is 6.12. The molecule has 0 radical (unpaired) electrons. The number of hydrogen-bond donors (Lipinski definition) is 1. The van der Waals surface area contributed by atoms with Gasteiger partial charge in [-0.1, -0.05) is 13.0 Å². The maximum Gasteiger partial charge on any atom is 0.416 e. The Morgan fingerprint density at radius 3 is 2.59 bits per heavy atom. The highest BCUT2D eigenvalue weighted by Gasteiger charge is 2.30. The van der Waals surface area contributed by atoms with Gasteiger partial charge in [0.05, 0.1) is 18.2 Å². The van der Waals surface area contributed by atoms with Gasteiger partial charge in [0.1, 0.15) is 11.6 Å². The number of benzene rings is 2. The average Bonchev–Trinajstić information content (AvgIpc) is 2.76. The fourth-order valence-electron chi connectivity index (χ4n) is 3.70. The van der Waals surface area contributed by atoms with Gasteiger partial charge >= 0.3 is 6.18 Å². The molecule has 1 heterocycles. The minimum Gasteiger partial charge on any atom is -0.496 e. The number of alkyl halides is 3. The SMILES string of the molecule is CCCN(CCCNc1ccnc2cc(C(F)(F)F)ccc12)Cc1cc(F)ccc1OC. The summed E-state index contributed by atoms with van der Waals surface area (Å²) in [5.41, 5.74) is 1.14. The standard InChI is InChI=1S/C24H27F4N3O/c1-3-12-31(16-17-14-19(25)6-8-23(17)32-2)13-4-10-29-21-9-11-30-22-15-18(24(26,27)28)5-7-20(21)22/h5-9,11,14-15H,3-4,10,12-13,16H2,1-2H3,(H,29,30). The molecule has 0 bridgehead atoms. The third kappa shape index (κ3) is 6.09. The number of rotatable bonds is 10. The summed E-state index contributed by atoms with van der Waals surface area (Å²) in [5, 5.41) is 3.95. The molecule has 3 aromatic rings. The molecular weight excluding hydrogens is 422 g/mol. The second-order valence-electron chi connectivity index (χ2n) is 7.60. The Morgan fingerprint density at radius 2 is 1.88 bits per heavy atom. The third-order valence-corrected chi connectivity index (χ3v) is 5.21. The van der Waals surface area contributed by atoms with Gasteiger partial charge in [0.2, 0.25) is 0 Å². The molecule has 0 saturated heterocycles. The minimum absolute atomic E-state index is 0.294. The van der Waals surface area contributed by atoms with Crippen molar-refractivity contribution in [2.45, 2.75) is 32.5 Å². The number of methoxy groups -OCH3 is 1. The molecule has 0 amide bonds. The largest absolute Gasteiger partial charge is 0.496 e. The Kier molecular flexibility index (Phi) is 7.90. The molecule has 0 fully saturated rings. The van der Waals surface area contributed by atoms with Crippen LogP contribution in [0.1, 0.15) is 30.9 Å². The number of hydrogen-bond acceptors (Lipinski definition) is 4. The number of halogens is 4. The van der Waals surface area contributed by atoms with Gasteiger partial charge in [-0.25, -0.2) is 4.39 Å². The molecule has 2 aromatic carbocycles. The van der Waals surface area contributed by atoms with Crippen LogP contribution in [0.3, 0.4) is 0 Å². The van der Waals surface area contributed by atoms with Crippen LogP contribution < -0.4 is 10.1 Å². The van der Waals surface area contributed by atoms with Gasteiger partial charge in [0.25, 0.3) is 0 Å². The molecule has 172 valence electrons. The number of aromatic nitrogens is 1. The van der Waals surface area contributed by atoms with E-state index in [9.17, 15) is 17.6 Å². The lowest BCUT2D eigenvalue weighted by atomic mass is 10.1. The predicted molar refractivity (Wildman–Crippen MR) is 118 cm³/mol. The Labute approximate surface area is 185 Å². The normalized spacial score (nSPS) is 11.8. The number of pyridine rings is 1. The van der Waals surface area contributed by atoms with E-state index in [4.69, 9.17) is 4.74 Å². The molecule has 32 heavy (non-hydrogen) atoms. The van der Waals surface area contributed by atoms with Gasteiger partial charge in [-0.3, -0.25) is 9.88 Å². The van der Waals surface area contributed by atoms with Crippen LogP contribution in [0.2, 0.25) is 0 Å². The van der Waals surface area contributed by atoms with Crippen LogP contribution in [-0.4, -0.2) is 36.6 Å². The summed E-state index contributed by atoms with van der Waals surface area (Å²) in [5.74, 6) is 0.365. The van der Waals surface area contributed by atoms with Gasteiger partial charge in [-0.05, 0) is 55.8 Å². The van der Waals surface area contributed by atoms with Crippen molar-refractivity contribution in [2.75, 3.05) is 32.1 Å². The zero-order valence-electron chi connectivity index (χ0n) is 18.2. The Bertz CT molecular complexity index is 1040. The summed E-state index contributed by atoms with van der Waals surface area (Å²) in [6, 6.07) is 9.87. The molecule has 1 N–H and O–H groups in total. The van der Waals surface area contributed by atoms with Gasteiger partial charge < -0.3 is 10.1 Å². The first-order valence-electron chi connectivity index (χ1n) is 10.6. The minimum atomic E-state index is -4.40. The van der Waals surface area contributed by atoms with Gasteiger partial charge in [-0.15, -0.1) is 0 Å². The average molecular weight is 449 g/mol. The van der Waals surface area contributed by atoms with Crippen molar-refractivity contribution < 1.29 is 22.3 Å². The molecule has 8 heteroatoms. The van der Waals surface area contributed by atoms with Crippen molar-refractivity contribution in [1.82, 2.24) is 9.88 Å². The molecular formula is C24H27F4N3O. The van der Waals surface area contributed by atoms with E-state index in [2.05, 4.69) is 22.1 Å². The van der Waals surface area contributed by atoms with Crippen LogP contribution in [-0.2, 0) is 12.7 Å². The van der Waals surface area contributed by atoms with Crippen LogP contribution in [0, 0.1) is 5.82 Å². The maximum atomic E-state index is 13.7. The highest BCUT2D eigenvalue weighted by atomic mass is 19.4. The quantitative estimate of drug-likeness (QED) is 0.299. The second-order valence-corrected chi connectivity index (χ2v) is 7.60. The van der Waals surface area contributed by atoms with E-state index in [0.29, 0.717) is 29.7 Å². The van der Waals surface area contributed by atoms with Gasteiger partial charge in [-0.2, -0.15) is 13.2 Å². The zero-order valence-corrected chi connectivity index (χ0v) is 18.2. The summed E-state index contributed by atoms with van der Waals surface area (Å²) in [6.45, 7) is 4.94. The number of nitrogens with zero attached hydrogens (tertiary/aromatic N) is 2. The number of fused-ring (bicyclic) bond motifs is 1. The number of anilines is 1. The molecule has 0 spiro atoms. The van der Waals surface area contributed by atoms with Crippen molar-refractivity contribution >= 4 is 16.6 Å². The molecule has 4 nitrogen and oxygen atoms in total. The topological polar surface area (TPSA) is 37.4 Å². The summed E-state index contributed by atoms with van der Waals surface area (Å²) in [4.78, 5) is 6.31. The highest BCUT2D eigenvalue weighted by Crippen LogP contribution is 2.32. The second kappa shape index (κ2) is 10.6. The molecule has 3 rings (SSSR count). The van der Waals surface area contributed by atoms with Crippen LogP contribution in [0.5, 0.6) is 5.75 Å². The maximum absolute atomic E-state index is 13.7. The van der Waals surface area contributed by atoms with Gasteiger partial charge in [0.15, 0.2) is 0 Å². The molecule has 1 aromatic heterocycles. The van der Waals surface area contributed by atoms with E-state index in [1.807, 2.05) is 0 Å². The molecule has 0 atom stereocenters. The highest BCUT2D eigenvalue weighted by molar-refractivity contribution is 5.91. The monoisotopic (exact) mass is 449 g/mol. The van der Waals surface area contributed by atoms with Crippen LogP contribution in [0.25, 0.3) is 10.9 Å². The first-order valence-corrected chi connectivity index (χ1v) is 10.6. The molecule has 0 aliphatic heterocycles. The Balaban J connectivity index is 1.62. The summed E-state index contributed by atoms with van der Waals surface area (Å²) in [7, 11) is 1.57. The van der Waals surface area contributed by atoms with E-state index >= 15 is 0 Å². The summed E-state index contributed by atoms with van der Waals surface area (Å²) >= 11 is 0. The van der Waals surface area contributed by atoms with E-state index in [1.165, 1.54) is 24.4 Å². The van der Waals surface area contributed by atoms with Crippen molar-refractivity contribution in [3.05, 3.63) is 65.6 Å². The van der Waals surface area contributed by atoms with E-state index in [0.717, 1.165) is 49.3 Å². The third-order valence-electron chi connectivity index (χ3n) is 5.21. The lowest BCUT2D eigenvalue weighted by molar-refractivity contribution is -0.137. The smallest absolute Gasteiger partial charge is 0.416 e. The first kappa shape index (κ1) is 23.8. The van der Waals surface area contributed by atoms with Crippen molar-refractivity contribution in [2.24, 2.45) is 0 Å². The Hall–Kier alpha value is -2.87. The molecule has 0 unspecified atom stereocenters. The molecule has 0 aliphatic rings. The van der Waals surface area contributed by atoms with Crippen molar-refractivity contribution in [3.8, 4) is 5.75 Å². The summed E-state index contributed by atoms with van der Waals surface area (Å²) in [6.07, 6.45) is -1.12. The number of ether oxygens (including phenoxy) is 1. The van der Waals surface area contributed by atoms with E-state index < -0.39 is 11.7 Å². The fraction of sp³-hybridized carbons (Fsp3) is 0.375. The van der Waals surface area contributed by atoms with Gasteiger partial charge in [0, 0.05) is 42.5 Å². The van der Waals surface area contributed by atoms with Crippen LogP contribution >= 0.6 is 0 Å². The van der Waals surface area contributed by atoms with Crippen LogP contribution in [0.4, 0.5) is 23.2 Å². The van der Waals surface area contributed by atoms with Crippen molar-refractivity contribution in [3.63, 3.8) is 0 Å².